The number of amidine groups is 1. The lowest BCUT2D eigenvalue weighted by atomic mass is 10.4. The van der Waals surface area contributed by atoms with Gasteiger partial charge in [0.1, 0.15) is 0 Å². The number of aliphatic imine (C=N–C) groups is 1. The monoisotopic (exact) mass is 194 g/mol. The summed E-state index contributed by atoms with van der Waals surface area (Å²) < 4.78 is 0. The van der Waals surface area contributed by atoms with E-state index >= 15 is 0 Å². The summed E-state index contributed by atoms with van der Waals surface area (Å²) in [7, 11) is 0. The van der Waals surface area contributed by atoms with Crippen molar-refractivity contribution in [2.45, 2.75) is 5.97 Å². The molecule has 0 aliphatic rings. The minimum absolute atomic E-state index is 0.0215. The number of aliphatic hydroxyl groups excluding tert-OH is 2. The molecule has 0 aromatic heterocycles. The van der Waals surface area contributed by atoms with Crippen LogP contribution in [0.25, 0.3) is 0 Å². The Morgan fingerprint density at radius 2 is 1.77 bits per heavy atom. The summed E-state index contributed by atoms with van der Waals surface area (Å²) in [5.74, 6) is -3.57. The Hall–Kier alpha value is -0.730. The molecule has 6 N–H and O–H groups in total. The number of aliphatic hydroxyl groups is 5. The molecule has 0 bridgehead atoms. The van der Waals surface area contributed by atoms with E-state index < -0.39 is 11.8 Å². The molecule has 0 aromatic carbocycles. The van der Waals surface area contributed by atoms with Gasteiger partial charge in [-0.25, -0.2) is 0 Å². The molecule has 0 rings (SSSR count). The van der Waals surface area contributed by atoms with Crippen molar-refractivity contribution in [2.75, 3.05) is 26.3 Å². The number of nitrogens with zero attached hydrogens (tertiary/aromatic N) is 1. The average molecular weight is 194 g/mol. The number of hydrogen-bond acceptors (Lipinski definition) is 6. The highest BCUT2D eigenvalue weighted by atomic mass is 16.7. The molecule has 13 heavy (non-hydrogen) atoms. The van der Waals surface area contributed by atoms with Gasteiger partial charge in [-0.3, -0.25) is 4.99 Å². The average Bonchev–Trinajstić information content (AvgIpc) is 2.02. The Labute approximate surface area is 75.0 Å². The van der Waals surface area contributed by atoms with Gasteiger partial charge in [0.05, 0.1) is 19.8 Å². The predicted octanol–water partition coefficient (Wildman–Crippen LogP) is -3.41. The molecule has 7 nitrogen and oxygen atoms in total. The third kappa shape index (κ3) is 5.50. The first-order valence-corrected chi connectivity index (χ1v) is 3.70. The molecule has 0 spiro atoms. The van der Waals surface area contributed by atoms with Crippen LogP contribution in [-0.4, -0.2) is 63.6 Å². The molecule has 0 heterocycles. The molecule has 0 aliphatic heterocycles. The molecule has 0 saturated carbocycles. The summed E-state index contributed by atoms with van der Waals surface area (Å²) in [4.78, 5) is 3.45. The number of nitrogens with one attached hydrogen (secondary N) is 1. The SMILES string of the molecule is OCCN=C(NCCO)C(O)(O)O. The number of hydrogen-bond donors (Lipinski definition) is 6. The summed E-state index contributed by atoms with van der Waals surface area (Å²) >= 11 is 0. The molecule has 78 valence electrons. The van der Waals surface area contributed by atoms with E-state index in [1.807, 2.05) is 0 Å². The first kappa shape index (κ1) is 12.3. The molecule has 0 radical (unpaired) electrons. The van der Waals surface area contributed by atoms with Gasteiger partial charge in [-0.05, 0) is 0 Å². The predicted molar refractivity (Wildman–Crippen MR) is 43.9 cm³/mol. The van der Waals surface area contributed by atoms with Gasteiger partial charge in [0, 0.05) is 6.54 Å². The van der Waals surface area contributed by atoms with Gasteiger partial charge >= 0.3 is 5.97 Å². The number of rotatable bonds is 5. The highest BCUT2D eigenvalue weighted by molar-refractivity contribution is 5.87. The molecule has 0 fully saturated rings. The van der Waals surface area contributed by atoms with Crippen LogP contribution < -0.4 is 5.32 Å². The molecular weight excluding hydrogens is 180 g/mol. The fourth-order valence-corrected chi connectivity index (χ4v) is 0.617. The molecule has 0 unspecified atom stereocenters. The van der Waals surface area contributed by atoms with E-state index in [2.05, 4.69) is 10.3 Å². The lowest BCUT2D eigenvalue weighted by Gasteiger charge is -2.17. The van der Waals surface area contributed by atoms with Gasteiger partial charge in [-0.15, -0.1) is 0 Å². The molecule has 0 atom stereocenters. The Balaban J connectivity index is 4.19. The highest BCUT2D eigenvalue weighted by Crippen LogP contribution is 1.94. The van der Waals surface area contributed by atoms with Gasteiger partial charge in [0.25, 0.3) is 0 Å². The van der Waals surface area contributed by atoms with E-state index in [1.165, 1.54) is 0 Å². The maximum absolute atomic E-state index is 8.69. The zero-order valence-corrected chi connectivity index (χ0v) is 7.01. The lowest BCUT2D eigenvalue weighted by Crippen LogP contribution is -2.47. The van der Waals surface area contributed by atoms with E-state index in [0.717, 1.165) is 0 Å². The van der Waals surface area contributed by atoms with E-state index in [4.69, 9.17) is 25.5 Å². The zero-order valence-electron chi connectivity index (χ0n) is 7.01. The van der Waals surface area contributed by atoms with Crippen LogP contribution in [0.1, 0.15) is 0 Å². The van der Waals surface area contributed by atoms with Crippen molar-refractivity contribution in [3.8, 4) is 0 Å². The van der Waals surface area contributed by atoms with Crippen molar-refractivity contribution < 1.29 is 25.5 Å². The minimum atomic E-state index is -3.07. The van der Waals surface area contributed by atoms with Crippen LogP contribution in [0, 0.1) is 0 Å². The fourth-order valence-electron chi connectivity index (χ4n) is 0.617. The van der Waals surface area contributed by atoms with E-state index in [-0.39, 0.29) is 26.3 Å². The fraction of sp³-hybridized carbons (Fsp3) is 0.833. The van der Waals surface area contributed by atoms with Gasteiger partial charge < -0.3 is 30.8 Å². The Morgan fingerprint density at radius 3 is 2.15 bits per heavy atom. The van der Waals surface area contributed by atoms with Crippen molar-refractivity contribution in [1.29, 1.82) is 0 Å². The van der Waals surface area contributed by atoms with Crippen LogP contribution in [0.2, 0.25) is 0 Å². The van der Waals surface area contributed by atoms with Gasteiger partial charge in [-0.1, -0.05) is 0 Å². The highest BCUT2D eigenvalue weighted by Gasteiger charge is 2.26. The molecule has 0 saturated heterocycles. The van der Waals surface area contributed by atoms with E-state index in [9.17, 15) is 0 Å². The van der Waals surface area contributed by atoms with E-state index in [1.54, 1.807) is 0 Å². The van der Waals surface area contributed by atoms with Crippen LogP contribution in [0.4, 0.5) is 0 Å². The van der Waals surface area contributed by atoms with Crippen LogP contribution in [0.15, 0.2) is 4.99 Å². The first-order chi connectivity index (χ1) is 6.02. The van der Waals surface area contributed by atoms with Crippen molar-refractivity contribution in [2.24, 2.45) is 4.99 Å². The van der Waals surface area contributed by atoms with Gasteiger partial charge in [-0.2, -0.15) is 0 Å². The summed E-state index contributed by atoms with van der Waals surface area (Å²) in [6.07, 6.45) is 0. The molecule has 0 amide bonds. The molecule has 7 heteroatoms. The van der Waals surface area contributed by atoms with Crippen molar-refractivity contribution in [1.82, 2.24) is 5.32 Å². The Morgan fingerprint density at radius 1 is 1.15 bits per heavy atom. The van der Waals surface area contributed by atoms with Crippen LogP contribution in [-0.2, 0) is 0 Å². The zero-order chi connectivity index (χ0) is 10.3. The second kappa shape index (κ2) is 5.84. The summed E-state index contributed by atoms with van der Waals surface area (Å²) in [5.41, 5.74) is 0. The minimum Gasteiger partial charge on any atom is -0.395 e. The van der Waals surface area contributed by atoms with Crippen LogP contribution in [0.5, 0.6) is 0 Å². The smallest absolute Gasteiger partial charge is 0.338 e. The first-order valence-electron chi connectivity index (χ1n) is 3.70. The standard InChI is InChI=1S/C6H14N2O5/c9-3-1-7-5(6(11,12)13)8-2-4-10/h9-13H,1-4H2,(H,7,8). The third-order valence-electron chi connectivity index (χ3n) is 1.09. The summed E-state index contributed by atoms with van der Waals surface area (Å²) in [6, 6.07) is 0. The molecular formula is C6H14N2O5. The van der Waals surface area contributed by atoms with Crippen LogP contribution in [0.3, 0.4) is 0 Å². The van der Waals surface area contributed by atoms with Crippen LogP contribution >= 0.6 is 0 Å². The second-order valence-corrected chi connectivity index (χ2v) is 2.24. The Kier molecular flexibility index (Phi) is 5.51. The summed E-state index contributed by atoms with van der Waals surface area (Å²) in [5, 5.41) is 45.1. The van der Waals surface area contributed by atoms with Crippen molar-refractivity contribution in [3.63, 3.8) is 0 Å². The van der Waals surface area contributed by atoms with Gasteiger partial charge in [0.15, 0.2) is 5.84 Å². The largest absolute Gasteiger partial charge is 0.395 e. The summed E-state index contributed by atoms with van der Waals surface area (Å²) in [6.45, 7) is -0.570. The quantitative estimate of drug-likeness (QED) is 0.154. The van der Waals surface area contributed by atoms with Crippen molar-refractivity contribution in [3.05, 3.63) is 0 Å². The van der Waals surface area contributed by atoms with E-state index in [0.29, 0.717) is 0 Å². The maximum Gasteiger partial charge on any atom is 0.338 e. The lowest BCUT2D eigenvalue weighted by molar-refractivity contribution is -0.257. The third-order valence-corrected chi connectivity index (χ3v) is 1.09. The molecule has 0 aliphatic carbocycles. The van der Waals surface area contributed by atoms with Gasteiger partial charge in [0.2, 0.25) is 0 Å². The Bertz CT molecular complexity index is 165. The normalized spacial score (nSPS) is 13.2. The molecule has 0 aromatic rings. The topological polar surface area (TPSA) is 126 Å². The van der Waals surface area contributed by atoms with Crippen molar-refractivity contribution >= 4 is 5.84 Å². The maximum atomic E-state index is 8.69. The second-order valence-electron chi connectivity index (χ2n) is 2.24.